The van der Waals surface area contributed by atoms with Crippen LogP contribution in [0.25, 0.3) is 0 Å². The van der Waals surface area contributed by atoms with Crippen molar-refractivity contribution in [2.24, 2.45) is 10.7 Å². The average Bonchev–Trinajstić information content (AvgIpc) is 2.73. The minimum Gasteiger partial charge on any atom is -0.383 e. The van der Waals surface area contributed by atoms with Gasteiger partial charge in [0.1, 0.15) is 12.4 Å². The molecule has 0 aliphatic heterocycles. The number of hydrogen-bond donors (Lipinski definition) is 1. The van der Waals surface area contributed by atoms with E-state index in [1.54, 1.807) is 6.92 Å². The number of aryl methyl sites for hydroxylation is 1. The Hall–Kier alpha value is -2.17. The molecular weight excluding hydrogens is 204 g/mol. The van der Waals surface area contributed by atoms with E-state index in [4.69, 9.17) is 10.3 Å². The molecule has 2 rings (SSSR count). The fourth-order valence-electron chi connectivity index (χ4n) is 1.26. The van der Waals surface area contributed by atoms with Crippen LogP contribution < -0.4 is 5.73 Å². The van der Waals surface area contributed by atoms with Gasteiger partial charge < -0.3 is 10.3 Å². The van der Waals surface area contributed by atoms with Gasteiger partial charge in [-0.2, -0.15) is 4.98 Å². The molecule has 82 valence electrons. The summed E-state index contributed by atoms with van der Waals surface area (Å²) in [5.41, 5.74) is 6.70. The second-order valence-electron chi connectivity index (χ2n) is 3.30. The van der Waals surface area contributed by atoms with Crippen molar-refractivity contribution in [3.63, 3.8) is 0 Å². The summed E-state index contributed by atoms with van der Waals surface area (Å²) in [7, 11) is 0. The molecule has 0 amide bonds. The molecule has 0 fully saturated rings. The summed E-state index contributed by atoms with van der Waals surface area (Å²) < 4.78 is 4.93. The number of aromatic nitrogens is 2. The lowest BCUT2D eigenvalue weighted by atomic mass is 10.2. The maximum absolute atomic E-state index is 5.81. The molecule has 0 unspecified atom stereocenters. The highest BCUT2D eigenvalue weighted by molar-refractivity contribution is 5.97. The summed E-state index contributed by atoms with van der Waals surface area (Å²) in [6.07, 6.45) is 0. The van der Waals surface area contributed by atoms with Gasteiger partial charge in [-0.15, -0.1) is 0 Å². The second-order valence-corrected chi connectivity index (χ2v) is 3.30. The summed E-state index contributed by atoms with van der Waals surface area (Å²) in [6, 6.07) is 9.55. The molecule has 5 nitrogen and oxygen atoms in total. The Kier molecular flexibility index (Phi) is 2.95. The monoisotopic (exact) mass is 216 g/mol. The summed E-state index contributed by atoms with van der Waals surface area (Å²) in [5.74, 6) is 1.54. The van der Waals surface area contributed by atoms with Crippen LogP contribution in [0.5, 0.6) is 0 Å². The zero-order valence-electron chi connectivity index (χ0n) is 8.92. The van der Waals surface area contributed by atoms with Gasteiger partial charge in [0, 0.05) is 5.56 Å². The first-order valence-electron chi connectivity index (χ1n) is 4.90. The highest BCUT2D eigenvalue weighted by atomic mass is 16.5. The number of aliphatic imine (C=N–C) groups is 1. The summed E-state index contributed by atoms with van der Waals surface area (Å²) >= 11 is 0. The second kappa shape index (κ2) is 4.57. The fourth-order valence-corrected chi connectivity index (χ4v) is 1.26. The third-order valence-electron chi connectivity index (χ3n) is 2.02. The molecule has 0 saturated carbocycles. The van der Waals surface area contributed by atoms with Crippen molar-refractivity contribution in [1.82, 2.24) is 10.1 Å². The summed E-state index contributed by atoms with van der Waals surface area (Å²) in [4.78, 5) is 8.21. The number of amidine groups is 1. The van der Waals surface area contributed by atoms with Gasteiger partial charge in [0.05, 0.1) is 0 Å². The van der Waals surface area contributed by atoms with Gasteiger partial charge in [-0.25, -0.2) is 0 Å². The van der Waals surface area contributed by atoms with Gasteiger partial charge in [-0.3, -0.25) is 4.99 Å². The smallest absolute Gasteiger partial charge is 0.248 e. The number of rotatable bonds is 3. The van der Waals surface area contributed by atoms with E-state index in [-0.39, 0.29) is 0 Å². The Bertz CT molecular complexity index is 490. The van der Waals surface area contributed by atoms with E-state index < -0.39 is 0 Å². The number of benzene rings is 1. The fraction of sp³-hybridized carbons (Fsp3) is 0.182. The van der Waals surface area contributed by atoms with Gasteiger partial charge in [0.25, 0.3) is 0 Å². The highest BCUT2D eigenvalue weighted by Gasteiger charge is 2.02. The van der Waals surface area contributed by atoms with Gasteiger partial charge in [0.2, 0.25) is 5.89 Å². The van der Waals surface area contributed by atoms with E-state index in [0.717, 1.165) is 5.56 Å². The standard InChI is InChI=1S/C11H12N4O/c1-8-14-10(16-15-8)7-13-11(12)9-5-3-2-4-6-9/h2-6H,7H2,1H3,(H2,12,13). The van der Waals surface area contributed by atoms with Crippen molar-refractivity contribution in [3.05, 3.63) is 47.6 Å². The normalized spacial score (nSPS) is 11.7. The van der Waals surface area contributed by atoms with Crippen LogP contribution in [0, 0.1) is 6.92 Å². The highest BCUT2D eigenvalue weighted by Crippen LogP contribution is 2.01. The van der Waals surface area contributed by atoms with E-state index >= 15 is 0 Å². The average molecular weight is 216 g/mol. The maximum atomic E-state index is 5.81. The van der Waals surface area contributed by atoms with Gasteiger partial charge >= 0.3 is 0 Å². The maximum Gasteiger partial charge on any atom is 0.248 e. The zero-order valence-corrected chi connectivity index (χ0v) is 8.92. The third-order valence-corrected chi connectivity index (χ3v) is 2.02. The lowest BCUT2D eigenvalue weighted by molar-refractivity contribution is 0.376. The van der Waals surface area contributed by atoms with E-state index in [0.29, 0.717) is 24.1 Å². The molecule has 0 aliphatic carbocycles. The molecule has 16 heavy (non-hydrogen) atoms. The molecule has 0 spiro atoms. The Balaban J connectivity index is 2.08. The van der Waals surface area contributed by atoms with Crippen LogP contribution >= 0.6 is 0 Å². The van der Waals surface area contributed by atoms with Gasteiger partial charge in [0.15, 0.2) is 5.82 Å². The Morgan fingerprint density at radius 1 is 1.38 bits per heavy atom. The lowest BCUT2D eigenvalue weighted by Crippen LogP contribution is -2.13. The van der Waals surface area contributed by atoms with Crippen molar-refractivity contribution in [2.45, 2.75) is 13.5 Å². The van der Waals surface area contributed by atoms with Crippen LogP contribution in [0.3, 0.4) is 0 Å². The minimum absolute atomic E-state index is 0.307. The van der Waals surface area contributed by atoms with Crippen molar-refractivity contribution < 1.29 is 4.52 Å². The Morgan fingerprint density at radius 3 is 2.75 bits per heavy atom. The molecule has 0 radical (unpaired) electrons. The summed E-state index contributed by atoms with van der Waals surface area (Å²) in [6.45, 7) is 2.07. The van der Waals surface area contributed by atoms with E-state index in [9.17, 15) is 0 Å². The number of hydrogen-bond acceptors (Lipinski definition) is 4. The first-order chi connectivity index (χ1) is 7.75. The van der Waals surface area contributed by atoms with Crippen LogP contribution in [0.2, 0.25) is 0 Å². The molecule has 1 aromatic carbocycles. The molecular formula is C11H12N4O. The van der Waals surface area contributed by atoms with Crippen LogP contribution in [0.1, 0.15) is 17.3 Å². The first kappa shape index (κ1) is 10.4. The van der Waals surface area contributed by atoms with Crippen LogP contribution in [-0.2, 0) is 6.54 Å². The van der Waals surface area contributed by atoms with Crippen molar-refractivity contribution in [3.8, 4) is 0 Å². The molecule has 2 aromatic rings. The predicted octanol–water partition coefficient (Wildman–Crippen LogP) is 1.28. The van der Waals surface area contributed by atoms with E-state index in [1.807, 2.05) is 30.3 Å². The van der Waals surface area contributed by atoms with E-state index in [1.165, 1.54) is 0 Å². The van der Waals surface area contributed by atoms with Crippen molar-refractivity contribution >= 4 is 5.84 Å². The van der Waals surface area contributed by atoms with E-state index in [2.05, 4.69) is 15.1 Å². The quantitative estimate of drug-likeness (QED) is 0.619. The van der Waals surface area contributed by atoms with Crippen LogP contribution in [-0.4, -0.2) is 16.0 Å². The molecule has 0 bridgehead atoms. The molecule has 2 N–H and O–H groups in total. The minimum atomic E-state index is 0.307. The molecule has 0 atom stereocenters. The lowest BCUT2D eigenvalue weighted by Gasteiger charge is -1.98. The van der Waals surface area contributed by atoms with Gasteiger partial charge in [-0.05, 0) is 6.92 Å². The molecule has 0 aliphatic rings. The van der Waals surface area contributed by atoms with Crippen molar-refractivity contribution in [2.75, 3.05) is 0 Å². The van der Waals surface area contributed by atoms with Crippen molar-refractivity contribution in [1.29, 1.82) is 0 Å². The van der Waals surface area contributed by atoms with Crippen LogP contribution in [0.15, 0.2) is 39.8 Å². The topological polar surface area (TPSA) is 77.3 Å². The Labute approximate surface area is 93.0 Å². The molecule has 5 heteroatoms. The summed E-state index contributed by atoms with van der Waals surface area (Å²) in [5, 5.41) is 3.67. The first-order valence-corrected chi connectivity index (χ1v) is 4.90. The SMILES string of the molecule is Cc1noc(CN=C(N)c2ccccc2)n1. The van der Waals surface area contributed by atoms with Crippen LogP contribution in [0.4, 0.5) is 0 Å². The third kappa shape index (κ3) is 2.44. The molecule has 0 saturated heterocycles. The molecule has 1 heterocycles. The predicted molar refractivity (Wildman–Crippen MR) is 59.9 cm³/mol. The Morgan fingerprint density at radius 2 is 2.12 bits per heavy atom. The zero-order chi connectivity index (χ0) is 11.4. The molecule has 1 aromatic heterocycles. The van der Waals surface area contributed by atoms with Gasteiger partial charge in [-0.1, -0.05) is 35.5 Å². The number of nitrogens with zero attached hydrogens (tertiary/aromatic N) is 3. The largest absolute Gasteiger partial charge is 0.383 e. The number of nitrogens with two attached hydrogens (primary N) is 1.